The molecule has 0 fully saturated rings. The number of likely N-dealkylation sites (N-methyl/N-ethyl adjacent to an activating group) is 1. The van der Waals surface area contributed by atoms with Gasteiger partial charge < -0.3 is 0 Å². The van der Waals surface area contributed by atoms with Crippen molar-refractivity contribution in [3.05, 3.63) is 35.7 Å². The zero-order chi connectivity index (χ0) is 18.7. The summed E-state index contributed by atoms with van der Waals surface area (Å²) in [4.78, 5) is 1.56. The third-order valence-electron chi connectivity index (χ3n) is 3.57. The first-order valence-corrected chi connectivity index (χ1v) is 7.65. The lowest BCUT2D eigenvalue weighted by atomic mass is 10.2. The van der Waals surface area contributed by atoms with E-state index < -0.39 is 17.7 Å². The molecule has 0 unspecified atom stereocenters. The van der Waals surface area contributed by atoms with Crippen LogP contribution in [-0.4, -0.2) is 50.7 Å². The first-order chi connectivity index (χ1) is 11.6. The molecule has 2 aromatic rings. The van der Waals surface area contributed by atoms with Crippen molar-refractivity contribution < 1.29 is 22.0 Å². The minimum absolute atomic E-state index is 0.290. The van der Waals surface area contributed by atoms with E-state index in [1.807, 2.05) is 0 Å². The third-order valence-corrected chi connectivity index (χ3v) is 3.57. The van der Waals surface area contributed by atoms with Gasteiger partial charge in [-0.15, -0.1) is 5.10 Å². The first-order valence-electron chi connectivity index (χ1n) is 7.65. The van der Waals surface area contributed by atoms with Gasteiger partial charge >= 0.3 is 6.18 Å². The number of tetrazole rings is 1. The van der Waals surface area contributed by atoms with Crippen LogP contribution in [0.4, 0.5) is 22.0 Å². The molecule has 0 aliphatic rings. The zero-order valence-corrected chi connectivity index (χ0v) is 13.8. The lowest BCUT2D eigenvalue weighted by Crippen LogP contribution is -2.36. The number of hydrogen-bond acceptors (Lipinski definition) is 4. The number of halogens is 5. The van der Waals surface area contributed by atoms with Gasteiger partial charge in [-0.1, -0.05) is 6.92 Å². The van der Waals surface area contributed by atoms with Crippen LogP contribution < -0.4 is 0 Å². The second-order valence-electron chi connectivity index (χ2n) is 5.74. The summed E-state index contributed by atoms with van der Waals surface area (Å²) < 4.78 is 65.4. The number of benzene rings is 1. The van der Waals surface area contributed by atoms with Crippen LogP contribution in [0.1, 0.15) is 25.2 Å². The molecule has 138 valence electrons. The summed E-state index contributed by atoms with van der Waals surface area (Å²) in [6, 6.07) is 4.41. The van der Waals surface area contributed by atoms with Crippen LogP contribution in [0.15, 0.2) is 24.3 Å². The third kappa shape index (κ3) is 5.45. The Bertz CT molecular complexity index is 675. The molecule has 25 heavy (non-hydrogen) atoms. The average Bonchev–Trinajstić information content (AvgIpc) is 2.98. The van der Waals surface area contributed by atoms with Crippen molar-refractivity contribution in [3.63, 3.8) is 0 Å². The van der Waals surface area contributed by atoms with Crippen molar-refractivity contribution in [2.45, 2.75) is 32.4 Å². The van der Waals surface area contributed by atoms with Crippen LogP contribution in [0.25, 0.3) is 5.69 Å². The minimum atomic E-state index is -4.42. The predicted octanol–water partition coefficient (Wildman–Crippen LogP) is 3.20. The topological polar surface area (TPSA) is 46.8 Å². The Morgan fingerprint density at radius 3 is 2.24 bits per heavy atom. The largest absolute Gasteiger partial charge is 0.416 e. The normalized spacial score (nSPS) is 12.8. The molecular formula is C15H18F5N5. The molecular weight excluding hydrogens is 345 g/mol. The molecule has 0 bridgehead atoms. The van der Waals surface area contributed by atoms with E-state index in [9.17, 15) is 22.0 Å². The van der Waals surface area contributed by atoms with Crippen molar-refractivity contribution in [3.8, 4) is 5.69 Å². The Morgan fingerprint density at radius 2 is 1.72 bits per heavy atom. The molecule has 2 rings (SSSR count). The second kappa shape index (κ2) is 7.42. The van der Waals surface area contributed by atoms with Gasteiger partial charge in [0.2, 0.25) is 0 Å². The van der Waals surface area contributed by atoms with Crippen LogP contribution in [0.5, 0.6) is 0 Å². The van der Waals surface area contributed by atoms with E-state index in [-0.39, 0.29) is 13.0 Å². The van der Waals surface area contributed by atoms with Gasteiger partial charge in [-0.2, -0.15) is 17.9 Å². The summed E-state index contributed by atoms with van der Waals surface area (Å²) in [5.41, 5.74) is -0.398. The van der Waals surface area contributed by atoms with Crippen molar-refractivity contribution in [2.24, 2.45) is 0 Å². The Kier molecular flexibility index (Phi) is 5.71. The summed E-state index contributed by atoms with van der Waals surface area (Å²) in [7, 11) is 0. The van der Waals surface area contributed by atoms with Crippen LogP contribution in [-0.2, 0) is 12.6 Å². The number of aromatic nitrogens is 4. The van der Waals surface area contributed by atoms with Crippen molar-refractivity contribution in [1.29, 1.82) is 0 Å². The maximum absolute atomic E-state index is 13.1. The molecule has 1 heterocycles. The molecule has 0 aliphatic heterocycles. The molecule has 0 atom stereocenters. The van der Waals surface area contributed by atoms with Crippen molar-refractivity contribution in [1.82, 2.24) is 25.1 Å². The van der Waals surface area contributed by atoms with Gasteiger partial charge in [0, 0.05) is 19.9 Å². The van der Waals surface area contributed by atoms with Crippen LogP contribution in [0.3, 0.4) is 0 Å². The van der Waals surface area contributed by atoms with Gasteiger partial charge in [0.15, 0.2) is 5.82 Å². The van der Waals surface area contributed by atoms with E-state index in [0.717, 1.165) is 19.1 Å². The Morgan fingerprint density at radius 1 is 1.08 bits per heavy atom. The lowest BCUT2D eigenvalue weighted by Gasteiger charge is -2.23. The monoisotopic (exact) mass is 363 g/mol. The van der Waals surface area contributed by atoms with E-state index >= 15 is 0 Å². The Balaban J connectivity index is 2.10. The number of alkyl halides is 5. The van der Waals surface area contributed by atoms with Crippen LogP contribution in [0.2, 0.25) is 0 Å². The quantitative estimate of drug-likeness (QED) is 0.709. The van der Waals surface area contributed by atoms with E-state index in [0.29, 0.717) is 24.6 Å². The molecule has 0 radical (unpaired) electrons. The average molecular weight is 363 g/mol. The molecule has 5 nitrogen and oxygen atoms in total. The van der Waals surface area contributed by atoms with E-state index in [4.69, 9.17) is 0 Å². The summed E-state index contributed by atoms with van der Waals surface area (Å²) in [5.74, 6) is -2.42. The smallest absolute Gasteiger partial charge is 0.297 e. The molecule has 0 amide bonds. The maximum atomic E-state index is 13.1. The maximum Gasteiger partial charge on any atom is 0.416 e. The first kappa shape index (κ1) is 19.2. The van der Waals surface area contributed by atoms with E-state index in [1.165, 1.54) is 16.8 Å². The summed E-state index contributed by atoms with van der Waals surface area (Å²) in [6.45, 7) is 2.98. The highest BCUT2D eigenvalue weighted by atomic mass is 19.4. The van der Waals surface area contributed by atoms with Gasteiger partial charge in [-0.25, -0.2) is 8.78 Å². The number of hydrogen-bond donors (Lipinski definition) is 0. The fourth-order valence-electron chi connectivity index (χ4n) is 2.35. The van der Waals surface area contributed by atoms with E-state index in [1.54, 1.807) is 11.8 Å². The molecule has 0 N–H and O–H groups in total. The fourth-order valence-corrected chi connectivity index (χ4v) is 2.35. The number of rotatable bonds is 7. The van der Waals surface area contributed by atoms with Gasteiger partial charge in [0.1, 0.15) is 0 Å². The standard InChI is InChI=1S/C15H18F5N5/c1-3-24(10-14(2,16)17)9-8-13-21-22-23-25(13)12-6-4-11(5-7-12)15(18,19)20/h4-7H,3,8-10H2,1-2H3. The SMILES string of the molecule is CCN(CCc1nnnn1-c1ccc(C(F)(F)F)cc1)CC(C)(F)F. The van der Waals surface area contributed by atoms with Crippen molar-refractivity contribution in [2.75, 3.05) is 19.6 Å². The highest BCUT2D eigenvalue weighted by molar-refractivity contribution is 5.35. The Hall–Kier alpha value is -2.10. The van der Waals surface area contributed by atoms with Gasteiger partial charge in [0.25, 0.3) is 5.92 Å². The highest BCUT2D eigenvalue weighted by Gasteiger charge is 2.30. The summed E-state index contributed by atoms with van der Waals surface area (Å²) in [5, 5.41) is 11.1. The molecule has 1 aromatic carbocycles. The molecule has 0 spiro atoms. The lowest BCUT2D eigenvalue weighted by molar-refractivity contribution is -0.137. The predicted molar refractivity (Wildman–Crippen MR) is 80.6 cm³/mol. The van der Waals surface area contributed by atoms with Crippen LogP contribution >= 0.6 is 0 Å². The minimum Gasteiger partial charge on any atom is -0.297 e. The van der Waals surface area contributed by atoms with Gasteiger partial charge in [0.05, 0.1) is 17.8 Å². The Labute approximate surface area is 141 Å². The van der Waals surface area contributed by atoms with Gasteiger partial charge in [-0.05, 0) is 41.2 Å². The van der Waals surface area contributed by atoms with Gasteiger partial charge in [-0.3, -0.25) is 4.90 Å². The number of nitrogens with zero attached hydrogens (tertiary/aromatic N) is 5. The molecule has 0 aliphatic carbocycles. The molecule has 1 aromatic heterocycles. The molecule has 10 heteroatoms. The molecule has 0 saturated heterocycles. The summed E-state index contributed by atoms with van der Waals surface area (Å²) in [6.07, 6.45) is -4.13. The molecule has 0 saturated carbocycles. The van der Waals surface area contributed by atoms with Crippen molar-refractivity contribution >= 4 is 0 Å². The summed E-state index contributed by atoms with van der Waals surface area (Å²) >= 11 is 0. The fraction of sp³-hybridized carbons (Fsp3) is 0.533. The van der Waals surface area contributed by atoms with Crippen LogP contribution in [0, 0.1) is 0 Å². The second-order valence-corrected chi connectivity index (χ2v) is 5.74. The highest BCUT2D eigenvalue weighted by Crippen LogP contribution is 2.29. The van der Waals surface area contributed by atoms with E-state index in [2.05, 4.69) is 15.5 Å². The zero-order valence-electron chi connectivity index (χ0n) is 13.8.